The minimum atomic E-state index is -1.11. The lowest BCUT2D eigenvalue weighted by Gasteiger charge is -2.28. The summed E-state index contributed by atoms with van der Waals surface area (Å²) in [6.45, 7) is 11.1. The second-order valence-corrected chi connectivity index (χ2v) is 11.7. The molecule has 1 saturated heterocycles. The predicted molar refractivity (Wildman–Crippen MR) is 154 cm³/mol. The van der Waals surface area contributed by atoms with Crippen LogP contribution in [0.25, 0.3) is 0 Å². The molecule has 4 amide bonds. The number of nitrogens with one attached hydrogen (secondary N) is 4. The van der Waals surface area contributed by atoms with Gasteiger partial charge in [-0.3, -0.25) is 19.2 Å². The van der Waals surface area contributed by atoms with E-state index in [1.165, 1.54) is 12.8 Å². The summed E-state index contributed by atoms with van der Waals surface area (Å²) in [6.07, 6.45) is 5.12. The number of nitrogens with zero attached hydrogens (tertiary/aromatic N) is 1. The Kier molecular flexibility index (Phi) is 12.2. The van der Waals surface area contributed by atoms with Crippen molar-refractivity contribution in [1.29, 1.82) is 0 Å². The number of para-hydroxylation sites is 1. The van der Waals surface area contributed by atoms with Gasteiger partial charge < -0.3 is 30.9 Å². The second kappa shape index (κ2) is 15.6. The Hall–Kier alpha value is -3.14. The summed E-state index contributed by atoms with van der Waals surface area (Å²) in [4.78, 5) is 55.3. The largest absolute Gasteiger partial charge is 0.491 e. The SMILES string of the molecule is CC(C)C[C@@H]1COc2ccccc2C(=O)N[C@H](C(=O)NCCN2CCCCCC2)CC(=O)N[C@H](C(C)C)C(=O)N1. The van der Waals surface area contributed by atoms with Gasteiger partial charge in [-0.05, 0) is 56.3 Å². The Labute approximate surface area is 238 Å². The zero-order valence-corrected chi connectivity index (χ0v) is 24.5. The molecule has 0 radical (unpaired) electrons. The van der Waals surface area contributed by atoms with Crippen molar-refractivity contribution < 1.29 is 23.9 Å². The Bertz CT molecular complexity index is 1010. The van der Waals surface area contributed by atoms with Crippen molar-refractivity contribution >= 4 is 23.6 Å². The van der Waals surface area contributed by atoms with E-state index >= 15 is 0 Å². The first-order valence-corrected chi connectivity index (χ1v) is 14.8. The van der Waals surface area contributed by atoms with Gasteiger partial charge in [0.05, 0.1) is 18.0 Å². The third kappa shape index (κ3) is 9.80. The summed E-state index contributed by atoms with van der Waals surface area (Å²) in [7, 11) is 0. The molecule has 2 heterocycles. The van der Waals surface area contributed by atoms with Gasteiger partial charge in [-0.25, -0.2) is 0 Å². The number of hydrogen-bond acceptors (Lipinski definition) is 6. The molecule has 10 nitrogen and oxygen atoms in total. The first-order valence-electron chi connectivity index (χ1n) is 14.8. The Morgan fingerprint density at radius 1 is 1.00 bits per heavy atom. The topological polar surface area (TPSA) is 129 Å². The van der Waals surface area contributed by atoms with Crippen LogP contribution in [0.5, 0.6) is 5.75 Å². The lowest BCUT2D eigenvalue weighted by atomic mass is 10.00. The van der Waals surface area contributed by atoms with Crippen molar-refractivity contribution in [2.24, 2.45) is 11.8 Å². The van der Waals surface area contributed by atoms with Crippen LogP contribution < -0.4 is 26.0 Å². The number of fused-ring (bicyclic) bond motifs is 1. The number of benzene rings is 1. The quantitative estimate of drug-likeness (QED) is 0.407. The molecule has 2 aliphatic heterocycles. The van der Waals surface area contributed by atoms with E-state index in [0.29, 0.717) is 25.3 Å². The molecule has 3 atom stereocenters. The third-order valence-electron chi connectivity index (χ3n) is 7.38. The Morgan fingerprint density at radius 3 is 2.38 bits per heavy atom. The fourth-order valence-electron chi connectivity index (χ4n) is 5.22. The van der Waals surface area contributed by atoms with Crippen LogP contribution in [0, 0.1) is 11.8 Å². The molecule has 0 bridgehead atoms. The normalized spacial score (nSPS) is 23.6. The van der Waals surface area contributed by atoms with Crippen LogP contribution in [-0.4, -0.2) is 79.4 Å². The second-order valence-electron chi connectivity index (χ2n) is 11.7. The fraction of sp³-hybridized carbons (Fsp3) is 0.667. The summed E-state index contributed by atoms with van der Waals surface area (Å²) in [6, 6.07) is 4.57. The first kappa shape index (κ1) is 31.4. The summed E-state index contributed by atoms with van der Waals surface area (Å²) in [5.74, 6) is -1.27. The number of likely N-dealkylation sites (tertiary alicyclic amines) is 1. The van der Waals surface area contributed by atoms with Gasteiger partial charge in [0.2, 0.25) is 17.7 Å². The van der Waals surface area contributed by atoms with Gasteiger partial charge in [0.1, 0.15) is 24.4 Å². The molecule has 0 spiro atoms. The van der Waals surface area contributed by atoms with Gasteiger partial charge in [-0.15, -0.1) is 0 Å². The van der Waals surface area contributed by atoms with Crippen molar-refractivity contribution in [3.8, 4) is 5.75 Å². The number of ether oxygens (including phenoxy) is 1. The summed E-state index contributed by atoms with van der Waals surface area (Å²) >= 11 is 0. The Morgan fingerprint density at radius 2 is 1.70 bits per heavy atom. The molecular weight excluding hydrogens is 510 g/mol. The maximum Gasteiger partial charge on any atom is 0.255 e. The maximum absolute atomic E-state index is 13.4. The molecule has 222 valence electrons. The van der Waals surface area contributed by atoms with Crippen LogP contribution >= 0.6 is 0 Å². The number of rotatable bonds is 7. The van der Waals surface area contributed by atoms with E-state index in [9.17, 15) is 19.2 Å². The van der Waals surface area contributed by atoms with E-state index in [0.717, 1.165) is 25.9 Å². The highest BCUT2D eigenvalue weighted by Crippen LogP contribution is 2.20. The summed E-state index contributed by atoms with van der Waals surface area (Å²) in [5, 5.41) is 11.5. The van der Waals surface area contributed by atoms with Crippen LogP contribution in [0.15, 0.2) is 24.3 Å². The Balaban J connectivity index is 1.81. The van der Waals surface area contributed by atoms with Crippen LogP contribution in [0.3, 0.4) is 0 Å². The number of carbonyl (C=O) groups excluding carboxylic acids is 4. The average Bonchev–Trinajstić information content (AvgIpc) is 3.18. The van der Waals surface area contributed by atoms with Crippen LogP contribution in [-0.2, 0) is 14.4 Å². The van der Waals surface area contributed by atoms with Gasteiger partial charge >= 0.3 is 0 Å². The number of carbonyl (C=O) groups is 4. The van der Waals surface area contributed by atoms with Crippen molar-refractivity contribution in [1.82, 2.24) is 26.2 Å². The van der Waals surface area contributed by atoms with Gasteiger partial charge in [0.15, 0.2) is 0 Å². The van der Waals surface area contributed by atoms with Crippen LogP contribution in [0.4, 0.5) is 0 Å². The number of amides is 4. The highest BCUT2D eigenvalue weighted by Gasteiger charge is 2.31. The third-order valence-corrected chi connectivity index (χ3v) is 7.38. The maximum atomic E-state index is 13.4. The highest BCUT2D eigenvalue weighted by atomic mass is 16.5. The van der Waals surface area contributed by atoms with Gasteiger partial charge in [-0.1, -0.05) is 52.7 Å². The molecule has 2 aliphatic rings. The zero-order chi connectivity index (χ0) is 29.1. The molecule has 0 aromatic heterocycles. The lowest BCUT2D eigenvalue weighted by molar-refractivity contribution is -0.132. The first-order chi connectivity index (χ1) is 19.1. The minimum Gasteiger partial charge on any atom is -0.491 e. The minimum absolute atomic E-state index is 0.160. The monoisotopic (exact) mass is 557 g/mol. The molecule has 1 aromatic rings. The van der Waals surface area contributed by atoms with E-state index in [1.54, 1.807) is 24.3 Å². The molecule has 3 rings (SSSR count). The predicted octanol–water partition coefficient (Wildman–Crippen LogP) is 2.23. The smallest absolute Gasteiger partial charge is 0.255 e. The van der Waals surface area contributed by atoms with Crippen molar-refractivity contribution in [3.63, 3.8) is 0 Å². The zero-order valence-electron chi connectivity index (χ0n) is 24.5. The highest BCUT2D eigenvalue weighted by molar-refractivity contribution is 6.01. The summed E-state index contributed by atoms with van der Waals surface area (Å²) < 4.78 is 6.05. The van der Waals surface area contributed by atoms with Crippen LogP contribution in [0.1, 0.15) is 76.6 Å². The van der Waals surface area contributed by atoms with Gasteiger partial charge in [-0.2, -0.15) is 0 Å². The van der Waals surface area contributed by atoms with Crippen molar-refractivity contribution in [3.05, 3.63) is 29.8 Å². The van der Waals surface area contributed by atoms with Gasteiger partial charge in [0.25, 0.3) is 5.91 Å². The molecule has 1 aromatic carbocycles. The molecular formula is C30H47N5O5. The van der Waals surface area contributed by atoms with Crippen LogP contribution in [0.2, 0.25) is 0 Å². The molecule has 40 heavy (non-hydrogen) atoms. The lowest BCUT2D eigenvalue weighted by Crippen LogP contribution is -2.55. The average molecular weight is 558 g/mol. The van der Waals surface area contributed by atoms with Crippen molar-refractivity contribution in [2.45, 2.75) is 84.3 Å². The van der Waals surface area contributed by atoms with E-state index < -0.39 is 29.8 Å². The molecule has 0 aliphatic carbocycles. The van der Waals surface area contributed by atoms with E-state index in [1.807, 2.05) is 13.8 Å². The van der Waals surface area contributed by atoms with E-state index in [-0.39, 0.29) is 42.4 Å². The summed E-state index contributed by atoms with van der Waals surface area (Å²) in [5.41, 5.74) is 0.261. The molecule has 1 fully saturated rings. The standard InChI is InChI=1S/C30H47N5O5/c1-20(2)17-22-19-40-25-12-8-7-11-23(25)28(37)33-24(18-26(36)34-27(21(3)4)30(39)32-22)29(38)31-13-16-35-14-9-5-6-10-15-35/h7-8,11-12,20-22,24,27H,5-6,9-10,13-19H2,1-4H3,(H,31,38)(H,32,39)(H,33,37)(H,34,36)/t22-,24+,27-/m1/s1. The van der Waals surface area contributed by atoms with E-state index in [2.05, 4.69) is 40.0 Å². The molecule has 0 unspecified atom stereocenters. The fourth-order valence-corrected chi connectivity index (χ4v) is 5.22. The number of hydrogen-bond donors (Lipinski definition) is 4. The molecule has 0 saturated carbocycles. The van der Waals surface area contributed by atoms with Gasteiger partial charge in [0, 0.05) is 13.1 Å². The molecule has 10 heteroatoms. The molecule has 4 N–H and O–H groups in total. The van der Waals surface area contributed by atoms with E-state index in [4.69, 9.17) is 4.74 Å². The van der Waals surface area contributed by atoms with Crippen molar-refractivity contribution in [2.75, 3.05) is 32.8 Å².